The van der Waals surface area contributed by atoms with Crippen molar-refractivity contribution >= 4 is 32.9 Å². The summed E-state index contributed by atoms with van der Waals surface area (Å²) in [5.41, 5.74) is 2.24. The SMILES string of the molecule is COC(=O)c1c(OC)c(Br)cc2ncc(-c3ccc(F)cc3)nc12. The van der Waals surface area contributed by atoms with Crippen molar-refractivity contribution in [2.24, 2.45) is 0 Å². The maximum absolute atomic E-state index is 13.1. The van der Waals surface area contributed by atoms with E-state index in [1.165, 1.54) is 26.4 Å². The number of benzene rings is 2. The average Bonchev–Trinajstić information content (AvgIpc) is 2.60. The summed E-state index contributed by atoms with van der Waals surface area (Å²) in [6.07, 6.45) is 1.57. The molecule has 5 nitrogen and oxygen atoms in total. The molecule has 0 bridgehead atoms. The molecule has 0 amide bonds. The Kier molecular flexibility index (Phi) is 4.44. The third kappa shape index (κ3) is 2.82. The van der Waals surface area contributed by atoms with Crippen LogP contribution >= 0.6 is 15.9 Å². The van der Waals surface area contributed by atoms with E-state index in [2.05, 4.69) is 25.9 Å². The number of methoxy groups -OCH3 is 2. The van der Waals surface area contributed by atoms with Crippen molar-refractivity contribution in [2.45, 2.75) is 0 Å². The maximum atomic E-state index is 13.1. The third-order valence-electron chi connectivity index (χ3n) is 3.48. The van der Waals surface area contributed by atoms with Crippen LogP contribution in [0.2, 0.25) is 0 Å². The molecule has 0 saturated heterocycles. The van der Waals surface area contributed by atoms with Crippen molar-refractivity contribution in [3.05, 3.63) is 52.4 Å². The van der Waals surface area contributed by atoms with Gasteiger partial charge in [0.1, 0.15) is 22.6 Å². The van der Waals surface area contributed by atoms with Crippen LogP contribution in [0.1, 0.15) is 10.4 Å². The molecule has 0 radical (unpaired) electrons. The molecule has 0 N–H and O–H groups in total. The first-order chi connectivity index (χ1) is 11.5. The van der Waals surface area contributed by atoms with Crippen LogP contribution in [0.5, 0.6) is 5.75 Å². The highest BCUT2D eigenvalue weighted by Crippen LogP contribution is 2.35. The van der Waals surface area contributed by atoms with Crippen molar-refractivity contribution < 1.29 is 18.7 Å². The lowest BCUT2D eigenvalue weighted by molar-refractivity contribution is 0.0599. The number of hydrogen-bond donors (Lipinski definition) is 0. The molecule has 1 aromatic heterocycles. The minimum absolute atomic E-state index is 0.181. The first-order valence-corrected chi connectivity index (χ1v) is 7.72. The Morgan fingerprint density at radius 3 is 2.54 bits per heavy atom. The van der Waals surface area contributed by atoms with Crippen molar-refractivity contribution in [1.29, 1.82) is 0 Å². The fourth-order valence-electron chi connectivity index (χ4n) is 2.35. The van der Waals surface area contributed by atoms with E-state index in [1.54, 1.807) is 24.4 Å². The minimum atomic E-state index is -0.580. The molecule has 2 aromatic carbocycles. The van der Waals surface area contributed by atoms with Gasteiger partial charge in [-0.25, -0.2) is 14.2 Å². The molecule has 24 heavy (non-hydrogen) atoms. The van der Waals surface area contributed by atoms with Gasteiger partial charge in [0.05, 0.1) is 36.1 Å². The summed E-state index contributed by atoms with van der Waals surface area (Å²) in [6, 6.07) is 7.58. The van der Waals surface area contributed by atoms with Crippen molar-refractivity contribution in [3.63, 3.8) is 0 Å². The molecule has 0 fully saturated rings. The average molecular weight is 391 g/mol. The summed E-state index contributed by atoms with van der Waals surface area (Å²) in [6.45, 7) is 0. The standard InChI is InChI=1S/C17H12BrFN2O3/c1-23-16-11(18)7-12-15(14(16)17(22)24-2)21-13(8-20-12)9-3-5-10(19)6-4-9/h3-8H,1-2H3. The first-order valence-electron chi connectivity index (χ1n) is 6.92. The molecule has 3 rings (SSSR count). The van der Waals surface area contributed by atoms with Crippen LogP contribution in [0.25, 0.3) is 22.3 Å². The van der Waals surface area contributed by atoms with Crippen LogP contribution in [0.4, 0.5) is 4.39 Å². The lowest BCUT2D eigenvalue weighted by atomic mass is 10.1. The second-order valence-corrected chi connectivity index (χ2v) is 5.74. The van der Waals surface area contributed by atoms with E-state index in [9.17, 15) is 9.18 Å². The van der Waals surface area contributed by atoms with Gasteiger partial charge in [0, 0.05) is 5.56 Å². The lowest BCUT2D eigenvalue weighted by Gasteiger charge is -2.12. The first kappa shape index (κ1) is 16.3. The molecule has 3 aromatic rings. The van der Waals surface area contributed by atoms with E-state index in [0.29, 0.717) is 32.5 Å². The molecule has 0 spiro atoms. The highest BCUT2D eigenvalue weighted by atomic mass is 79.9. The summed E-state index contributed by atoms with van der Waals surface area (Å²) in [7, 11) is 2.74. The summed E-state index contributed by atoms with van der Waals surface area (Å²) in [5.74, 6) is -0.600. The van der Waals surface area contributed by atoms with Crippen LogP contribution in [0.3, 0.4) is 0 Å². The zero-order valence-corrected chi connectivity index (χ0v) is 14.4. The summed E-state index contributed by atoms with van der Waals surface area (Å²) in [4.78, 5) is 21.1. The number of rotatable bonds is 3. The predicted molar refractivity (Wildman–Crippen MR) is 90.5 cm³/mol. The number of esters is 1. The van der Waals surface area contributed by atoms with Gasteiger partial charge >= 0.3 is 5.97 Å². The van der Waals surface area contributed by atoms with Gasteiger partial charge in [-0.15, -0.1) is 0 Å². The molecule has 1 heterocycles. The fourth-order valence-corrected chi connectivity index (χ4v) is 2.93. The summed E-state index contributed by atoms with van der Waals surface area (Å²) >= 11 is 3.36. The predicted octanol–water partition coefficient (Wildman–Crippen LogP) is 3.99. The van der Waals surface area contributed by atoms with Crippen LogP contribution in [-0.2, 0) is 4.74 Å². The van der Waals surface area contributed by atoms with Gasteiger partial charge in [-0.3, -0.25) is 4.98 Å². The van der Waals surface area contributed by atoms with E-state index in [-0.39, 0.29) is 11.4 Å². The Hall–Kier alpha value is -2.54. The van der Waals surface area contributed by atoms with Crippen molar-refractivity contribution in [2.75, 3.05) is 14.2 Å². The van der Waals surface area contributed by atoms with Crippen molar-refractivity contribution in [1.82, 2.24) is 9.97 Å². The number of fused-ring (bicyclic) bond motifs is 1. The second kappa shape index (κ2) is 6.52. The smallest absolute Gasteiger partial charge is 0.344 e. The van der Waals surface area contributed by atoms with Crippen LogP contribution in [-0.4, -0.2) is 30.2 Å². The van der Waals surface area contributed by atoms with Gasteiger partial charge in [-0.05, 0) is 46.3 Å². The van der Waals surface area contributed by atoms with Crippen LogP contribution in [0.15, 0.2) is 41.0 Å². The van der Waals surface area contributed by atoms with E-state index < -0.39 is 5.97 Å². The highest BCUT2D eigenvalue weighted by Gasteiger charge is 2.22. The van der Waals surface area contributed by atoms with E-state index >= 15 is 0 Å². The van der Waals surface area contributed by atoms with E-state index in [4.69, 9.17) is 9.47 Å². The minimum Gasteiger partial charge on any atom is -0.495 e. The van der Waals surface area contributed by atoms with E-state index in [0.717, 1.165) is 0 Å². The summed E-state index contributed by atoms with van der Waals surface area (Å²) < 4.78 is 23.8. The Morgan fingerprint density at radius 2 is 1.92 bits per heavy atom. The largest absolute Gasteiger partial charge is 0.495 e. The molecule has 0 unspecified atom stereocenters. The number of halogens is 2. The van der Waals surface area contributed by atoms with E-state index in [1.807, 2.05) is 0 Å². The normalized spacial score (nSPS) is 10.7. The van der Waals surface area contributed by atoms with Crippen LogP contribution < -0.4 is 4.74 Å². The molecule has 122 valence electrons. The Morgan fingerprint density at radius 1 is 1.21 bits per heavy atom. The van der Waals surface area contributed by atoms with Gasteiger partial charge in [-0.1, -0.05) is 0 Å². The van der Waals surface area contributed by atoms with Gasteiger partial charge in [-0.2, -0.15) is 0 Å². The zero-order chi connectivity index (χ0) is 17.3. The second-order valence-electron chi connectivity index (χ2n) is 4.89. The highest BCUT2D eigenvalue weighted by molar-refractivity contribution is 9.10. The molecule has 0 saturated carbocycles. The molecule has 0 atom stereocenters. The molecule has 0 aliphatic rings. The Balaban J connectivity index is 2.29. The Bertz CT molecular complexity index is 929. The molecule has 0 aliphatic heterocycles. The number of hydrogen-bond acceptors (Lipinski definition) is 5. The van der Waals surface area contributed by atoms with Gasteiger partial charge in [0.25, 0.3) is 0 Å². The maximum Gasteiger partial charge on any atom is 0.344 e. The number of aromatic nitrogens is 2. The Labute approximate surface area is 145 Å². The number of carbonyl (C=O) groups is 1. The topological polar surface area (TPSA) is 61.3 Å². The lowest BCUT2D eigenvalue weighted by Crippen LogP contribution is -2.07. The zero-order valence-electron chi connectivity index (χ0n) is 12.8. The number of nitrogens with zero attached hydrogens (tertiary/aromatic N) is 2. The molecule has 7 heteroatoms. The molecular weight excluding hydrogens is 379 g/mol. The summed E-state index contributed by atoms with van der Waals surface area (Å²) in [5, 5.41) is 0. The number of carbonyl (C=O) groups excluding carboxylic acids is 1. The monoisotopic (exact) mass is 390 g/mol. The third-order valence-corrected chi connectivity index (χ3v) is 4.07. The molecule has 0 aliphatic carbocycles. The van der Waals surface area contributed by atoms with Gasteiger partial charge < -0.3 is 9.47 Å². The quantitative estimate of drug-likeness (QED) is 0.632. The van der Waals surface area contributed by atoms with Gasteiger partial charge in [0.15, 0.2) is 0 Å². The fraction of sp³-hybridized carbons (Fsp3) is 0.118. The van der Waals surface area contributed by atoms with Crippen molar-refractivity contribution in [3.8, 4) is 17.0 Å². The van der Waals surface area contributed by atoms with Gasteiger partial charge in [0.2, 0.25) is 0 Å². The molecular formula is C17H12BrFN2O3. The number of ether oxygens (including phenoxy) is 2. The van der Waals surface area contributed by atoms with Crippen LogP contribution in [0, 0.1) is 5.82 Å².